The third-order valence-corrected chi connectivity index (χ3v) is 3.16. The second-order valence-electron chi connectivity index (χ2n) is 3.31. The van der Waals surface area contributed by atoms with E-state index in [1.807, 2.05) is 12.1 Å². The summed E-state index contributed by atoms with van der Waals surface area (Å²) in [5.74, 6) is -0.185. The van der Waals surface area contributed by atoms with Crippen LogP contribution in [0.1, 0.15) is 0 Å². The fourth-order valence-electron chi connectivity index (χ4n) is 1.59. The number of anilines is 1. The number of benzene rings is 1. The van der Waals surface area contributed by atoms with Gasteiger partial charge in [-0.25, -0.2) is 4.39 Å². The van der Waals surface area contributed by atoms with E-state index in [2.05, 4.69) is 26.1 Å². The lowest BCUT2D eigenvalue weighted by atomic mass is 10.2. The fraction of sp³-hybridized carbons (Fsp3) is 0.400. The van der Waals surface area contributed by atoms with Gasteiger partial charge in [0, 0.05) is 25.3 Å². The van der Waals surface area contributed by atoms with Crippen LogP contribution in [-0.2, 0) is 0 Å². The van der Waals surface area contributed by atoms with Gasteiger partial charge in [0.15, 0.2) is 0 Å². The average molecular weight is 259 g/mol. The van der Waals surface area contributed by atoms with Crippen molar-refractivity contribution in [1.29, 1.82) is 0 Å². The molecular formula is C10H12BrFN2. The summed E-state index contributed by atoms with van der Waals surface area (Å²) in [5.41, 5.74) is 1.06. The fourth-order valence-corrected chi connectivity index (χ4v) is 2.26. The summed E-state index contributed by atoms with van der Waals surface area (Å²) in [5, 5.41) is 3.28. The molecule has 0 aromatic heterocycles. The van der Waals surface area contributed by atoms with Crippen LogP contribution in [0.3, 0.4) is 0 Å². The van der Waals surface area contributed by atoms with Crippen molar-refractivity contribution < 1.29 is 4.39 Å². The molecule has 1 atom stereocenters. The van der Waals surface area contributed by atoms with Crippen molar-refractivity contribution in [1.82, 2.24) is 5.32 Å². The summed E-state index contributed by atoms with van der Waals surface area (Å²) >= 11 is 3.58. The number of hydrogen-bond donors (Lipinski definition) is 1. The van der Waals surface area contributed by atoms with Gasteiger partial charge < -0.3 is 10.2 Å². The van der Waals surface area contributed by atoms with Crippen LogP contribution in [0.15, 0.2) is 24.3 Å². The zero-order chi connectivity index (χ0) is 9.97. The van der Waals surface area contributed by atoms with Crippen LogP contribution in [0.25, 0.3) is 0 Å². The highest BCUT2D eigenvalue weighted by Crippen LogP contribution is 2.21. The van der Waals surface area contributed by atoms with Gasteiger partial charge >= 0.3 is 0 Å². The maximum Gasteiger partial charge on any atom is 0.123 e. The number of nitrogens with zero attached hydrogens (tertiary/aromatic N) is 1. The normalized spacial score (nSPS) is 22.4. The van der Waals surface area contributed by atoms with Crippen molar-refractivity contribution >= 4 is 21.6 Å². The maximum atomic E-state index is 12.7. The third-order valence-electron chi connectivity index (χ3n) is 2.34. The molecule has 0 bridgehead atoms. The Bertz CT molecular complexity index is 301. The van der Waals surface area contributed by atoms with Crippen molar-refractivity contribution in [3.63, 3.8) is 0 Å². The molecule has 1 N–H and O–H groups in total. The number of rotatable bonds is 1. The lowest BCUT2D eigenvalue weighted by Gasteiger charge is -2.34. The molecule has 1 unspecified atom stereocenters. The molecule has 0 radical (unpaired) electrons. The molecular weight excluding hydrogens is 247 g/mol. The van der Waals surface area contributed by atoms with Crippen molar-refractivity contribution in [2.45, 2.75) is 4.95 Å². The Morgan fingerprint density at radius 2 is 2.07 bits per heavy atom. The van der Waals surface area contributed by atoms with Gasteiger partial charge in [-0.15, -0.1) is 0 Å². The number of hydrogen-bond acceptors (Lipinski definition) is 2. The first-order chi connectivity index (χ1) is 6.77. The Hall–Kier alpha value is -0.610. The smallest absolute Gasteiger partial charge is 0.123 e. The van der Waals surface area contributed by atoms with Gasteiger partial charge in [0.2, 0.25) is 0 Å². The van der Waals surface area contributed by atoms with Gasteiger partial charge in [0.25, 0.3) is 0 Å². The molecule has 76 valence electrons. The van der Waals surface area contributed by atoms with Crippen LogP contribution in [0.2, 0.25) is 0 Å². The minimum atomic E-state index is -0.185. The molecule has 2 rings (SSSR count). The molecule has 0 amide bonds. The highest BCUT2D eigenvalue weighted by Gasteiger charge is 2.19. The third kappa shape index (κ3) is 2.07. The summed E-state index contributed by atoms with van der Waals surface area (Å²) < 4.78 is 12.7. The largest absolute Gasteiger partial charge is 0.356 e. The zero-order valence-corrected chi connectivity index (χ0v) is 9.30. The minimum Gasteiger partial charge on any atom is -0.356 e. The van der Waals surface area contributed by atoms with E-state index in [4.69, 9.17) is 0 Å². The van der Waals surface area contributed by atoms with Gasteiger partial charge in [-0.3, -0.25) is 0 Å². The van der Waals surface area contributed by atoms with Crippen LogP contribution < -0.4 is 10.2 Å². The molecule has 1 fully saturated rings. The van der Waals surface area contributed by atoms with E-state index >= 15 is 0 Å². The summed E-state index contributed by atoms with van der Waals surface area (Å²) in [6.07, 6.45) is 0. The van der Waals surface area contributed by atoms with Crippen LogP contribution in [-0.4, -0.2) is 24.6 Å². The van der Waals surface area contributed by atoms with Crippen molar-refractivity contribution in [3.8, 4) is 0 Å². The highest BCUT2D eigenvalue weighted by molar-refractivity contribution is 9.09. The van der Waals surface area contributed by atoms with Gasteiger partial charge in [-0.1, -0.05) is 15.9 Å². The van der Waals surface area contributed by atoms with E-state index in [-0.39, 0.29) is 5.82 Å². The summed E-state index contributed by atoms with van der Waals surface area (Å²) in [6.45, 7) is 2.83. The van der Waals surface area contributed by atoms with Crippen LogP contribution >= 0.6 is 15.9 Å². The molecule has 1 heterocycles. The van der Waals surface area contributed by atoms with E-state index in [0.717, 1.165) is 25.3 Å². The Labute approximate surface area is 91.2 Å². The minimum absolute atomic E-state index is 0.185. The van der Waals surface area contributed by atoms with E-state index in [1.54, 1.807) is 0 Å². The molecule has 14 heavy (non-hydrogen) atoms. The van der Waals surface area contributed by atoms with Gasteiger partial charge in [-0.2, -0.15) is 0 Å². The van der Waals surface area contributed by atoms with Crippen LogP contribution in [0.4, 0.5) is 10.1 Å². The van der Waals surface area contributed by atoms with Crippen LogP contribution in [0, 0.1) is 5.82 Å². The molecule has 1 aliphatic rings. The summed E-state index contributed by atoms with van der Waals surface area (Å²) in [7, 11) is 0. The molecule has 1 aromatic carbocycles. The molecule has 0 saturated carbocycles. The quantitative estimate of drug-likeness (QED) is 0.612. The summed E-state index contributed by atoms with van der Waals surface area (Å²) in [6, 6.07) is 6.62. The SMILES string of the molecule is Fc1ccc(N2CCNCC2Br)cc1. The van der Waals surface area contributed by atoms with E-state index in [1.165, 1.54) is 12.1 Å². The first kappa shape index (κ1) is 9.93. The summed E-state index contributed by atoms with van der Waals surface area (Å²) in [4.78, 5) is 2.51. The molecule has 1 aliphatic heterocycles. The van der Waals surface area contributed by atoms with Gasteiger partial charge in [0.05, 0.1) is 4.95 Å². The predicted molar refractivity (Wildman–Crippen MR) is 59.3 cm³/mol. The first-order valence-electron chi connectivity index (χ1n) is 4.64. The van der Waals surface area contributed by atoms with Crippen molar-refractivity contribution in [2.75, 3.05) is 24.5 Å². The lowest BCUT2D eigenvalue weighted by molar-refractivity contribution is 0.568. The monoisotopic (exact) mass is 258 g/mol. The van der Waals surface area contributed by atoms with E-state index in [9.17, 15) is 4.39 Å². The standard InChI is InChI=1S/C10H12BrFN2/c11-10-7-13-5-6-14(10)9-3-1-8(12)2-4-9/h1-4,10,13H,5-7H2. The van der Waals surface area contributed by atoms with Gasteiger partial charge in [-0.05, 0) is 24.3 Å². The number of nitrogens with one attached hydrogen (secondary N) is 1. The number of alkyl halides is 1. The van der Waals surface area contributed by atoms with Crippen molar-refractivity contribution in [3.05, 3.63) is 30.1 Å². The van der Waals surface area contributed by atoms with Crippen molar-refractivity contribution in [2.24, 2.45) is 0 Å². The second-order valence-corrected chi connectivity index (χ2v) is 4.37. The average Bonchev–Trinajstić information content (AvgIpc) is 2.20. The highest BCUT2D eigenvalue weighted by atomic mass is 79.9. The van der Waals surface area contributed by atoms with Gasteiger partial charge in [0.1, 0.15) is 5.82 Å². The lowest BCUT2D eigenvalue weighted by Crippen LogP contribution is -2.48. The molecule has 0 spiro atoms. The molecule has 4 heteroatoms. The Morgan fingerprint density at radius 1 is 1.36 bits per heavy atom. The zero-order valence-electron chi connectivity index (χ0n) is 7.71. The predicted octanol–water partition coefficient (Wildman–Crippen LogP) is 1.96. The molecule has 2 nitrogen and oxygen atoms in total. The van der Waals surface area contributed by atoms with E-state index in [0.29, 0.717) is 4.95 Å². The Kier molecular flexibility index (Phi) is 3.03. The maximum absolute atomic E-state index is 12.7. The Balaban J connectivity index is 2.16. The molecule has 1 aromatic rings. The second kappa shape index (κ2) is 4.28. The van der Waals surface area contributed by atoms with E-state index < -0.39 is 0 Å². The number of halogens is 2. The number of piperazine rings is 1. The van der Waals surface area contributed by atoms with Crippen LogP contribution in [0.5, 0.6) is 0 Å². The first-order valence-corrected chi connectivity index (χ1v) is 5.56. The topological polar surface area (TPSA) is 15.3 Å². The molecule has 0 aliphatic carbocycles. The molecule has 1 saturated heterocycles. The Morgan fingerprint density at radius 3 is 2.71 bits per heavy atom.